The maximum atomic E-state index is 10.8. The van der Waals surface area contributed by atoms with Crippen molar-refractivity contribution in [2.45, 2.75) is 0 Å². The third-order valence-electron chi connectivity index (χ3n) is 1.75. The third-order valence-corrected chi connectivity index (χ3v) is 2.44. The molecule has 0 bridgehead atoms. The molecule has 18 heavy (non-hydrogen) atoms. The molecule has 0 unspecified atom stereocenters. The quantitative estimate of drug-likeness (QED) is 0.609. The molecule has 0 fully saturated rings. The van der Waals surface area contributed by atoms with Crippen LogP contribution in [-0.4, -0.2) is 45.4 Å². The zero-order chi connectivity index (χ0) is 13.6. The molecule has 2 rings (SSSR count). The van der Waals surface area contributed by atoms with E-state index in [9.17, 15) is 13.2 Å². The average Bonchev–Trinajstić information content (AvgIpc) is 2.28. The van der Waals surface area contributed by atoms with E-state index in [0.717, 1.165) is 5.39 Å². The number of hydrogen-bond acceptors (Lipinski definition) is 6. The molecule has 0 saturated heterocycles. The predicted octanol–water partition coefficient (Wildman–Crippen LogP) is -0.815. The zero-order valence-corrected chi connectivity index (χ0v) is 9.96. The van der Waals surface area contributed by atoms with Crippen LogP contribution < -0.4 is 5.56 Å². The van der Waals surface area contributed by atoms with Crippen LogP contribution in [0.2, 0.25) is 0 Å². The van der Waals surface area contributed by atoms with Crippen molar-refractivity contribution in [2.75, 3.05) is 12.4 Å². The van der Waals surface area contributed by atoms with Crippen molar-refractivity contribution in [1.29, 1.82) is 0 Å². The van der Waals surface area contributed by atoms with Gasteiger partial charge < -0.3 is 10.1 Å². The number of aliphatic hydroxyl groups is 1. The highest BCUT2D eigenvalue weighted by atomic mass is 32.2. The van der Waals surface area contributed by atoms with E-state index in [-0.39, 0.29) is 5.56 Å². The summed E-state index contributed by atoms with van der Waals surface area (Å²) in [5, 5.41) is 8.70. The highest BCUT2D eigenvalue weighted by Crippen LogP contribution is 2.00. The molecule has 2 aromatic rings. The van der Waals surface area contributed by atoms with E-state index in [1.165, 1.54) is 12.4 Å². The van der Waals surface area contributed by atoms with Gasteiger partial charge in [-0.2, -0.15) is 8.42 Å². The highest BCUT2D eigenvalue weighted by molar-refractivity contribution is 7.85. The van der Waals surface area contributed by atoms with Gasteiger partial charge in [-0.15, -0.1) is 0 Å². The number of nitrogens with one attached hydrogen (secondary N) is 1. The van der Waals surface area contributed by atoms with Gasteiger partial charge in [0.1, 0.15) is 12.0 Å². The summed E-state index contributed by atoms with van der Waals surface area (Å²) in [5.74, 6) is -0.576. The standard InChI is InChI=1S/C7H5N3O.C2H6O4S/c11-6-2-1-5-3-8-4-9-7(5)10-6;3-1-2-7(4,5)6/h1-4H,(H,8,9,10,11);3H,1-2H2,(H,4,5,6). The molecule has 9 heteroatoms. The number of pyridine rings is 1. The first-order valence-electron chi connectivity index (χ1n) is 4.77. The van der Waals surface area contributed by atoms with Gasteiger partial charge in [-0.25, -0.2) is 9.97 Å². The van der Waals surface area contributed by atoms with Crippen molar-refractivity contribution in [3.63, 3.8) is 0 Å². The molecule has 0 aromatic carbocycles. The summed E-state index contributed by atoms with van der Waals surface area (Å²) >= 11 is 0. The molecule has 2 aromatic heterocycles. The maximum Gasteiger partial charge on any atom is 0.267 e. The Balaban J connectivity index is 0.000000203. The van der Waals surface area contributed by atoms with Gasteiger partial charge >= 0.3 is 0 Å². The molecule has 3 N–H and O–H groups in total. The van der Waals surface area contributed by atoms with E-state index in [0.29, 0.717) is 5.65 Å². The lowest BCUT2D eigenvalue weighted by molar-refractivity contribution is 0.315. The lowest BCUT2D eigenvalue weighted by Gasteiger charge is -1.91. The fourth-order valence-electron chi connectivity index (χ4n) is 1.01. The topological polar surface area (TPSA) is 133 Å². The van der Waals surface area contributed by atoms with Crippen LogP contribution in [0.1, 0.15) is 0 Å². The van der Waals surface area contributed by atoms with Gasteiger partial charge in [0, 0.05) is 17.6 Å². The fraction of sp³-hybridized carbons (Fsp3) is 0.222. The van der Waals surface area contributed by atoms with E-state index in [4.69, 9.17) is 9.66 Å². The summed E-state index contributed by atoms with van der Waals surface area (Å²) in [6.45, 7) is -0.529. The molecule has 8 nitrogen and oxygen atoms in total. The highest BCUT2D eigenvalue weighted by Gasteiger charge is 1.99. The monoisotopic (exact) mass is 273 g/mol. The van der Waals surface area contributed by atoms with Gasteiger partial charge in [0.15, 0.2) is 0 Å². The molecule has 0 aliphatic heterocycles. The van der Waals surface area contributed by atoms with Gasteiger partial charge in [0.05, 0.1) is 12.4 Å². The van der Waals surface area contributed by atoms with E-state index in [1.54, 1.807) is 12.3 Å². The number of aliphatic hydroxyl groups excluding tert-OH is 1. The second-order valence-corrected chi connectivity index (χ2v) is 4.73. The lowest BCUT2D eigenvalue weighted by Crippen LogP contribution is -2.06. The summed E-state index contributed by atoms with van der Waals surface area (Å²) in [7, 11) is -3.92. The molecular formula is C9H11N3O5S. The Morgan fingerprint density at radius 1 is 1.33 bits per heavy atom. The Hall–Kier alpha value is -1.84. The number of aromatic nitrogens is 3. The zero-order valence-electron chi connectivity index (χ0n) is 9.15. The Kier molecular flexibility index (Phi) is 4.89. The number of rotatable bonds is 2. The molecular weight excluding hydrogens is 262 g/mol. The Morgan fingerprint density at radius 2 is 2.06 bits per heavy atom. The number of fused-ring (bicyclic) bond motifs is 1. The third kappa shape index (κ3) is 4.99. The summed E-state index contributed by atoms with van der Waals surface area (Å²) in [5.41, 5.74) is 0.434. The Labute approximate surface area is 102 Å². The molecule has 0 spiro atoms. The van der Waals surface area contributed by atoms with E-state index in [2.05, 4.69) is 15.0 Å². The minimum atomic E-state index is -3.92. The first kappa shape index (κ1) is 14.2. The van der Waals surface area contributed by atoms with Crippen LogP contribution in [0.25, 0.3) is 11.0 Å². The second kappa shape index (κ2) is 6.19. The van der Waals surface area contributed by atoms with Crippen molar-refractivity contribution >= 4 is 21.2 Å². The SMILES string of the molecule is O=S(=O)(O)CCO.O=c1ccc2cncnc2[nH]1. The molecule has 98 valence electrons. The van der Waals surface area contributed by atoms with Crippen molar-refractivity contribution in [1.82, 2.24) is 15.0 Å². The van der Waals surface area contributed by atoms with Crippen molar-refractivity contribution in [3.8, 4) is 0 Å². The van der Waals surface area contributed by atoms with Crippen molar-refractivity contribution < 1.29 is 18.1 Å². The van der Waals surface area contributed by atoms with Crippen LogP contribution in [0.4, 0.5) is 0 Å². The summed E-state index contributed by atoms with van der Waals surface area (Å²) < 4.78 is 27.1. The van der Waals surface area contributed by atoms with Crippen molar-refractivity contribution in [2.24, 2.45) is 0 Å². The van der Waals surface area contributed by atoms with Gasteiger partial charge in [0.25, 0.3) is 10.1 Å². The number of nitrogens with zero attached hydrogens (tertiary/aromatic N) is 2. The largest absolute Gasteiger partial charge is 0.395 e. The van der Waals surface area contributed by atoms with Gasteiger partial charge in [-0.1, -0.05) is 0 Å². The van der Waals surface area contributed by atoms with E-state index < -0.39 is 22.5 Å². The van der Waals surface area contributed by atoms with Crippen LogP contribution >= 0.6 is 0 Å². The maximum absolute atomic E-state index is 10.8. The molecule has 0 amide bonds. The lowest BCUT2D eigenvalue weighted by atomic mass is 10.3. The van der Waals surface area contributed by atoms with E-state index in [1.807, 2.05) is 0 Å². The molecule has 0 radical (unpaired) electrons. The predicted molar refractivity (Wildman–Crippen MR) is 63.7 cm³/mol. The summed E-state index contributed by atoms with van der Waals surface area (Å²) in [6, 6.07) is 3.14. The van der Waals surface area contributed by atoms with Crippen LogP contribution in [0, 0.1) is 0 Å². The van der Waals surface area contributed by atoms with Gasteiger partial charge in [-0.3, -0.25) is 9.35 Å². The number of hydrogen-bond donors (Lipinski definition) is 3. The first-order chi connectivity index (χ1) is 8.42. The summed E-state index contributed by atoms with van der Waals surface area (Å²) in [6.07, 6.45) is 3.05. The molecule has 0 aliphatic carbocycles. The first-order valence-corrected chi connectivity index (χ1v) is 6.38. The van der Waals surface area contributed by atoms with Crippen LogP contribution in [0.3, 0.4) is 0 Å². The molecule has 2 heterocycles. The average molecular weight is 273 g/mol. The molecule has 0 atom stereocenters. The van der Waals surface area contributed by atoms with Gasteiger partial charge in [-0.05, 0) is 6.07 Å². The van der Waals surface area contributed by atoms with Gasteiger partial charge in [0.2, 0.25) is 5.56 Å². The summed E-state index contributed by atoms with van der Waals surface area (Å²) in [4.78, 5) is 21.0. The van der Waals surface area contributed by atoms with Crippen LogP contribution in [0.15, 0.2) is 29.5 Å². The smallest absolute Gasteiger partial charge is 0.267 e. The minimum Gasteiger partial charge on any atom is -0.395 e. The Morgan fingerprint density at radius 3 is 2.61 bits per heavy atom. The second-order valence-electron chi connectivity index (χ2n) is 3.16. The van der Waals surface area contributed by atoms with E-state index >= 15 is 0 Å². The molecule has 0 saturated carbocycles. The minimum absolute atomic E-state index is 0.142. The molecule has 0 aliphatic rings. The van der Waals surface area contributed by atoms with Crippen LogP contribution in [0.5, 0.6) is 0 Å². The number of H-pyrrole nitrogens is 1. The normalized spacial score (nSPS) is 10.8. The Bertz CT molecular complexity index is 667. The van der Waals surface area contributed by atoms with Crippen molar-refractivity contribution in [3.05, 3.63) is 35.0 Å². The number of aromatic amines is 1. The fourth-order valence-corrected chi connectivity index (χ4v) is 1.24. The van der Waals surface area contributed by atoms with Crippen LogP contribution in [-0.2, 0) is 10.1 Å².